The molecule has 3 rings (SSSR count). The van der Waals surface area contributed by atoms with Crippen molar-refractivity contribution < 1.29 is 9.63 Å². The largest absolute Gasteiger partial charge is 0.383 e. The highest BCUT2D eigenvalue weighted by molar-refractivity contribution is 7.10. The van der Waals surface area contributed by atoms with E-state index in [0.717, 1.165) is 10.4 Å². The van der Waals surface area contributed by atoms with Crippen LogP contribution in [0.1, 0.15) is 24.6 Å². The van der Waals surface area contributed by atoms with Crippen LogP contribution in [-0.2, 0) is 12.0 Å². The summed E-state index contributed by atoms with van der Waals surface area (Å²) < 4.78 is 5.32. The van der Waals surface area contributed by atoms with Gasteiger partial charge in [0.15, 0.2) is 5.96 Å². The van der Waals surface area contributed by atoms with Gasteiger partial charge in [0.2, 0.25) is 11.7 Å². The molecule has 1 unspecified atom stereocenters. The fourth-order valence-corrected chi connectivity index (χ4v) is 3.50. The second-order valence-corrected chi connectivity index (χ2v) is 8.03. The van der Waals surface area contributed by atoms with E-state index in [1.807, 2.05) is 36.6 Å². The summed E-state index contributed by atoms with van der Waals surface area (Å²) >= 11 is 7.42. The Morgan fingerprint density at radius 3 is 2.76 bits per heavy atom. The highest BCUT2D eigenvalue weighted by Gasteiger charge is 2.24. The quantitative estimate of drug-likeness (QED) is 0.372. The van der Waals surface area contributed by atoms with Crippen molar-refractivity contribution in [2.24, 2.45) is 4.99 Å². The Morgan fingerprint density at radius 1 is 1.28 bits per heavy atom. The number of benzene rings is 1. The molecular weight excluding hydrogens is 410 g/mol. The summed E-state index contributed by atoms with van der Waals surface area (Å²) in [5, 5.41) is 23.7. The number of aliphatic imine (C=N–C) groups is 1. The summed E-state index contributed by atoms with van der Waals surface area (Å²) in [6.07, 6.45) is 0.548. The molecule has 0 radical (unpaired) electrons. The Labute approximate surface area is 178 Å². The number of nitrogens with zero attached hydrogens (tertiary/aromatic N) is 3. The first-order valence-electron chi connectivity index (χ1n) is 9.35. The van der Waals surface area contributed by atoms with Crippen LogP contribution >= 0.6 is 22.9 Å². The van der Waals surface area contributed by atoms with E-state index >= 15 is 0 Å². The average molecular weight is 434 g/mol. The zero-order valence-electron chi connectivity index (χ0n) is 16.4. The van der Waals surface area contributed by atoms with Gasteiger partial charge in [-0.2, -0.15) is 4.98 Å². The van der Waals surface area contributed by atoms with Crippen LogP contribution in [0.25, 0.3) is 11.4 Å². The Hall–Kier alpha value is -2.42. The number of hydrogen-bond acceptors (Lipinski definition) is 6. The maximum absolute atomic E-state index is 10.6. The van der Waals surface area contributed by atoms with Gasteiger partial charge < -0.3 is 20.3 Å². The highest BCUT2D eigenvalue weighted by atomic mass is 35.5. The van der Waals surface area contributed by atoms with E-state index < -0.39 is 5.60 Å². The molecule has 2 aromatic heterocycles. The number of halogens is 1. The maximum atomic E-state index is 10.6. The van der Waals surface area contributed by atoms with Gasteiger partial charge in [0, 0.05) is 35.0 Å². The van der Waals surface area contributed by atoms with Gasteiger partial charge >= 0.3 is 0 Å². The van der Waals surface area contributed by atoms with Gasteiger partial charge in [-0.05, 0) is 49.6 Å². The summed E-state index contributed by atoms with van der Waals surface area (Å²) in [6, 6.07) is 11.1. The molecule has 0 spiro atoms. The first kappa shape index (κ1) is 21.3. The molecule has 154 valence electrons. The third kappa shape index (κ3) is 6.03. The predicted octanol–water partition coefficient (Wildman–Crippen LogP) is 3.46. The van der Waals surface area contributed by atoms with E-state index in [2.05, 4.69) is 25.8 Å². The van der Waals surface area contributed by atoms with Crippen LogP contribution in [0.2, 0.25) is 5.02 Å². The van der Waals surface area contributed by atoms with E-state index in [1.54, 1.807) is 19.1 Å². The van der Waals surface area contributed by atoms with Crippen molar-refractivity contribution >= 4 is 28.9 Å². The summed E-state index contributed by atoms with van der Waals surface area (Å²) in [5.41, 5.74) is -0.153. The molecule has 0 bridgehead atoms. The number of aliphatic hydroxyl groups is 1. The van der Waals surface area contributed by atoms with Crippen molar-refractivity contribution in [3.8, 4) is 11.4 Å². The van der Waals surface area contributed by atoms with Crippen molar-refractivity contribution in [3.63, 3.8) is 0 Å². The molecule has 7 nitrogen and oxygen atoms in total. The molecule has 29 heavy (non-hydrogen) atoms. The van der Waals surface area contributed by atoms with Crippen molar-refractivity contribution in [1.82, 2.24) is 20.8 Å². The second-order valence-electron chi connectivity index (χ2n) is 6.64. The normalized spacial score (nSPS) is 13.9. The molecule has 1 aromatic carbocycles. The third-order valence-electron chi connectivity index (χ3n) is 4.14. The molecule has 0 amide bonds. The molecule has 0 aliphatic heterocycles. The zero-order valence-corrected chi connectivity index (χ0v) is 17.9. The lowest BCUT2D eigenvalue weighted by Crippen LogP contribution is -2.39. The van der Waals surface area contributed by atoms with E-state index in [0.29, 0.717) is 42.2 Å². The average Bonchev–Trinajstić information content (AvgIpc) is 3.39. The van der Waals surface area contributed by atoms with Gasteiger partial charge in [-0.25, -0.2) is 4.99 Å². The third-order valence-corrected chi connectivity index (χ3v) is 5.52. The summed E-state index contributed by atoms with van der Waals surface area (Å²) in [6.45, 7) is 5.29. The second kappa shape index (κ2) is 9.87. The zero-order chi connectivity index (χ0) is 20.7. The molecular formula is C20H24ClN5O2S. The number of nitrogens with one attached hydrogen (secondary N) is 2. The molecule has 9 heteroatoms. The summed E-state index contributed by atoms with van der Waals surface area (Å²) in [4.78, 5) is 9.80. The number of rotatable bonds is 8. The lowest BCUT2D eigenvalue weighted by atomic mass is 10.1. The number of aromatic nitrogens is 2. The fourth-order valence-electron chi connectivity index (χ4n) is 2.60. The van der Waals surface area contributed by atoms with Gasteiger partial charge in [0.1, 0.15) is 5.60 Å². The molecule has 3 N–H and O–H groups in total. The van der Waals surface area contributed by atoms with Crippen LogP contribution in [0.5, 0.6) is 0 Å². The first-order chi connectivity index (χ1) is 14.0. The molecule has 0 aliphatic rings. The minimum Gasteiger partial charge on any atom is -0.383 e. The minimum absolute atomic E-state index is 0.254. The lowest BCUT2D eigenvalue weighted by Gasteiger charge is -2.20. The smallest absolute Gasteiger partial charge is 0.228 e. The van der Waals surface area contributed by atoms with Gasteiger partial charge in [-0.3, -0.25) is 0 Å². The van der Waals surface area contributed by atoms with Crippen molar-refractivity contribution in [3.05, 3.63) is 57.6 Å². The molecule has 0 aliphatic carbocycles. The van der Waals surface area contributed by atoms with Crippen LogP contribution in [0.3, 0.4) is 0 Å². The fraction of sp³-hybridized carbons (Fsp3) is 0.350. The summed E-state index contributed by atoms with van der Waals surface area (Å²) in [7, 11) is 0. The SMILES string of the molecule is CCNC(=NCC(C)(O)c1cccs1)NCCc1nc(-c2ccc(Cl)cc2)no1. The number of hydrogen-bond donors (Lipinski definition) is 3. The highest BCUT2D eigenvalue weighted by Crippen LogP contribution is 2.25. The van der Waals surface area contributed by atoms with Crippen LogP contribution in [0.15, 0.2) is 51.3 Å². The van der Waals surface area contributed by atoms with Gasteiger partial charge in [0.05, 0.1) is 6.54 Å². The van der Waals surface area contributed by atoms with Crippen LogP contribution in [-0.4, -0.2) is 40.8 Å². The van der Waals surface area contributed by atoms with Crippen LogP contribution < -0.4 is 10.6 Å². The van der Waals surface area contributed by atoms with Gasteiger partial charge in [0.25, 0.3) is 0 Å². The lowest BCUT2D eigenvalue weighted by molar-refractivity contribution is 0.0711. The Bertz CT molecular complexity index is 923. The Kier molecular flexibility index (Phi) is 7.24. The first-order valence-corrected chi connectivity index (χ1v) is 10.6. The maximum Gasteiger partial charge on any atom is 0.228 e. The Balaban J connectivity index is 1.55. The van der Waals surface area contributed by atoms with E-state index in [-0.39, 0.29) is 6.54 Å². The van der Waals surface area contributed by atoms with Crippen LogP contribution in [0.4, 0.5) is 0 Å². The number of thiophene rings is 1. The molecule has 0 fully saturated rings. The molecule has 2 heterocycles. The topological polar surface area (TPSA) is 95.6 Å². The van der Waals surface area contributed by atoms with Crippen molar-refractivity contribution in [1.29, 1.82) is 0 Å². The molecule has 1 atom stereocenters. The van der Waals surface area contributed by atoms with E-state index in [1.165, 1.54) is 11.3 Å². The van der Waals surface area contributed by atoms with Crippen molar-refractivity contribution in [2.75, 3.05) is 19.6 Å². The summed E-state index contributed by atoms with van der Waals surface area (Å²) in [5.74, 6) is 1.69. The van der Waals surface area contributed by atoms with Crippen LogP contribution in [0, 0.1) is 0 Å². The van der Waals surface area contributed by atoms with E-state index in [4.69, 9.17) is 16.1 Å². The van der Waals surface area contributed by atoms with Gasteiger partial charge in [-0.1, -0.05) is 22.8 Å². The van der Waals surface area contributed by atoms with Gasteiger partial charge in [-0.15, -0.1) is 11.3 Å². The minimum atomic E-state index is -1.00. The van der Waals surface area contributed by atoms with Crippen molar-refractivity contribution in [2.45, 2.75) is 25.9 Å². The molecule has 0 saturated carbocycles. The Morgan fingerprint density at radius 2 is 2.07 bits per heavy atom. The molecule has 3 aromatic rings. The predicted molar refractivity (Wildman–Crippen MR) is 116 cm³/mol. The van der Waals surface area contributed by atoms with E-state index in [9.17, 15) is 5.11 Å². The monoisotopic (exact) mass is 433 g/mol. The standard InChI is InChI=1S/C20H24ClN5O2S/c1-3-22-19(24-13-20(2,27)16-5-4-12-29-16)23-11-10-17-25-18(26-28-17)14-6-8-15(21)9-7-14/h4-9,12,27H,3,10-11,13H2,1-2H3,(H2,22,23,24). The number of guanidine groups is 1. The molecule has 0 saturated heterocycles.